The zero-order chi connectivity index (χ0) is 15.9. The maximum atomic E-state index is 12.8. The number of hydrogen-bond acceptors (Lipinski definition) is 3. The van der Waals surface area contributed by atoms with Crippen LogP contribution in [0.3, 0.4) is 0 Å². The van der Waals surface area contributed by atoms with E-state index in [0.29, 0.717) is 24.2 Å². The monoisotopic (exact) mass is 314 g/mol. The van der Waals surface area contributed by atoms with Gasteiger partial charge in [0.15, 0.2) is 0 Å². The number of hydrogen-bond donors (Lipinski definition) is 2. The second-order valence-corrected chi connectivity index (χ2v) is 4.89. The summed E-state index contributed by atoms with van der Waals surface area (Å²) in [6.07, 6.45) is 0.583. The number of benzene rings is 2. The summed E-state index contributed by atoms with van der Waals surface area (Å²) in [6.45, 7) is 0.394. The van der Waals surface area contributed by atoms with E-state index in [0.717, 1.165) is 9.87 Å². The van der Waals surface area contributed by atoms with E-state index in [1.165, 1.54) is 18.2 Å². The summed E-state index contributed by atoms with van der Waals surface area (Å²) in [6, 6.07) is 15.1. The molecule has 0 unspecified atom stereocenters. The average Bonchev–Trinajstić information content (AvgIpc) is 2.56. The van der Waals surface area contributed by atoms with Gasteiger partial charge < -0.3 is 5.32 Å². The fourth-order valence-electron chi connectivity index (χ4n) is 1.81. The van der Waals surface area contributed by atoms with Crippen molar-refractivity contribution < 1.29 is 9.18 Å². The van der Waals surface area contributed by atoms with Crippen LogP contribution in [0.1, 0.15) is 11.1 Å². The van der Waals surface area contributed by atoms with Gasteiger partial charge in [-0.25, -0.2) is 13.5 Å². The van der Waals surface area contributed by atoms with Gasteiger partial charge in [-0.2, -0.15) is 5.26 Å². The Morgan fingerprint density at radius 2 is 2.09 bits per heavy atom. The van der Waals surface area contributed by atoms with Crippen LogP contribution in [0.4, 0.5) is 14.9 Å². The lowest BCUT2D eigenvalue weighted by Gasteiger charge is -2.16. The second-order valence-electron chi connectivity index (χ2n) is 4.49. The number of rotatable bonds is 4. The van der Waals surface area contributed by atoms with E-state index in [4.69, 9.17) is 5.26 Å². The van der Waals surface area contributed by atoms with Crippen LogP contribution in [-0.2, 0) is 6.42 Å². The Kier molecular flexibility index (Phi) is 5.39. The van der Waals surface area contributed by atoms with Crippen LogP contribution >= 0.6 is 12.8 Å². The molecule has 111 valence electrons. The van der Waals surface area contributed by atoms with Gasteiger partial charge in [0.05, 0.1) is 17.3 Å². The molecule has 2 amide bonds. The molecule has 1 radical (unpaired) electrons. The largest absolute Gasteiger partial charge is 0.337 e. The van der Waals surface area contributed by atoms with E-state index >= 15 is 0 Å². The van der Waals surface area contributed by atoms with Crippen molar-refractivity contribution in [2.24, 2.45) is 0 Å². The summed E-state index contributed by atoms with van der Waals surface area (Å²) in [5.74, 6) is -0.288. The normalized spacial score (nSPS) is 9.86. The highest BCUT2D eigenvalue weighted by atomic mass is 32.1. The number of carbonyl (C=O) groups excluding carboxylic acids is 1. The topological polar surface area (TPSA) is 56.1 Å². The van der Waals surface area contributed by atoms with Crippen molar-refractivity contribution in [1.82, 2.24) is 5.32 Å². The lowest BCUT2D eigenvalue weighted by molar-refractivity contribution is 0.250. The Labute approximate surface area is 133 Å². The smallest absolute Gasteiger partial charge is 0.331 e. The van der Waals surface area contributed by atoms with Crippen LogP contribution in [0.15, 0.2) is 42.5 Å². The molecule has 0 spiro atoms. The van der Waals surface area contributed by atoms with Gasteiger partial charge in [0.2, 0.25) is 0 Å². The Bertz CT molecular complexity index is 697. The summed E-state index contributed by atoms with van der Waals surface area (Å²) in [7, 11) is 0. The third kappa shape index (κ3) is 4.24. The molecule has 0 aliphatic heterocycles. The molecule has 4 nitrogen and oxygen atoms in total. The van der Waals surface area contributed by atoms with Gasteiger partial charge in [-0.1, -0.05) is 31.0 Å². The molecule has 0 atom stereocenters. The molecule has 22 heavy (non-hydrogen) atoms. The number of carbonyl (C=O) groups is 1. The molecule has 0 aliphatic carbocycles. The minimum Gasteiger partial charge on any atom is -0.337 e. The molecule has 0 aliphatic rings. The van der Waals surface area contributed by atoms with E-state index in [2.05, 4.69) is 24.2 Å². The molecule has 0 aromatic heterocycles. The van der Waals surface area contributed by atoms with Crippen LogP contribution < -0.4 is 9.62 Å². The first-order valence-corrected chi connectivity index (χ1v) is 6.93. The highest BCUT2D eigenvalue weighted by Gasteiger charge is 2.11. The number of urea groups is 1. The zero-order valence-corrected chi connectivity index (χ0v) is 12.5. The molecule has 0 saturated heterocycles. The molecule has 2 rings (SSSR count). The summed E-state index contributed by atoms with van der Waals surface area (Å²) in [5, 5.41) is 11.5. The van der Waals surface area contributed by atoms with E-state index in [-0.39, 0.29) is 5.82 Å². The minimum atomic E-state index is -0.402. The first-order chi connectivity index (χ1) is 10.6. The molecule has 0 saturated carbocycles. The van der Waals surface area contributed by atoms with Crippen LogP contribution in [0, 0.1) is 23.2 Å². The van der Waals surface area contributed by atoms with Crippen molar-refractivity contribution in [3.05, 3.63) is 65.5 Å². The van der Waals surface area contributed by atoms with Crippen molar-refractivity contribution in [3.8, 4) is 6.07 Å². The fourth-order valence-corrected chi connectivity index (χ4v) is 2.00. The number of halogens is 1. The van der Waals surface area contributed by atoms with E-state index in [1.807, 2.05) is 6.07 Å². The molecular formula is C16H13FN3OS. The van der Waals surface area contributed by atoms with Crippen molar-refractivity contribution in [3.63, 3.8) is 0 Å². The van der Waals surface area contributed by atoms with E-state index < -0.39 is 6.03 Å². The minimum absolute atomic E-state index is 0.288. The van der Waals surface area contributed by atoms with Gasteiger partial charge in [0, 0.05) is 12.6 Å². The first-order valence-electron chi connectivity index (χ1n) is 6.53. The quantitative estimate of drug-likeness (QED) is 0.852. The van der Waals surface area contributed by atoms with Gasteiger partial charge in [-0.15, -0.1) is 0 Å². The summed E-state index contributed by atoms with van der Waals surface area (Å²) < 4.78 is 13.9. The Morgan fingerprint density at radius 1 is 1.36 bits per heavy atom. The van der Waals surface area contributed by atoms with Gasteiger partial charge in [0.1, 0.15) is 5.82 Å². The summed E-state index contributed by atoms with van der Waals surface area (Å²) in [5.41, 5.74) is 1.74. The number of anilines is 1. The third-order valence-electron chi connectivity index (χ3n) is 2.95. The molecule has 2 aromatic rings. The molecule has 0 heterocycles. The summed E-state index contributed by atoms with van der Waals surface area (Å²) in [4.78, 5) is 12.0. The lowest BCUT2D eigenvalue weighted by atomic mass is 10.1. The Morgan fingerprint density at radius 3 is 2.77 bits per heavy atom. The highest BCUT2D eigenvalue weighted by molar-refractivity contribution is 7.82. The molecule has 6 heteroatoms. The third-order valence-corrected chi connectivity index (χ3v) is 3.36. The van der Waals surface area contributed by atoms with E-state index in [1.54, 1.807) is 24.3 Å². The highest BCUT2D eigenvalue weighted by Crippen LogP contribution is 2.17. The lowest BCUT2D eigenvalue weighted by Crippen LogP contribution is -2.35. The van der Waals surface area contributed by atoms with Crippen molar-refractivity contribution in [2.45, 2.75) is 6.42 Å². The second kappa shape index (κ2) is 7.48. The standard InChI is InChI=1S/C16H13FN3OS/c17-14-6-4-12(5-7-14)8-9-19-16(21)20(22)15-3-1-2-13(10-15)11-18/h1,3-7,10,22H,8-9H2,(H,19,21). The molecule has 1 N–H and O–H groups in total. The number of thiol groups is 1. The molecule has 0 bridgehead atoms. The van der Waals surface area contributed by atoms with Crippen molar-refractivity contribution >= 4 is 24.5 Å². The Balaban J connectivity index is 1.88. The predicted molar refractivity (Wildman–Crippen MR) is 85.0 cm³/mol. The molecule has 2 aromatic carbocycles. The maximum Gasteiger partial charge on any atom is 0.331 e. The first kappa shape index (κ1) is 15.9. The number of nitrogens with zero attached hydrogens (tertiary/aromatic N) is 2. The number of amides is 2. The fraction of sp³-hybridized carbons (Fsp3) is 0.125. The van der Waals surface area contributed by atoms with Crippen molar-refractivity contribution in [2.75, 3.05) is 10.8 Å². The zero-order valence-electron chi connectivity index (χ0n) is 11.6. The van der Waals surface area contributed by atoms with Gasteiger partial charge in [0.25, 0.3) is 0 Å². The van der Waals surface area contributed by atoms with Gasteiger partial charge in [-0.3, -0.25) is 0 Å². The molecular weight excluding hydrogens is 301 g/mol. The van der Waals surface area contributed by atoms with Crippen molar-refractivity contribution in [1.29, 1.82) is 5.26 Å². The van der Waals surface area contributed by atoms with E-state index in [9.17, 15) is 9.18 Å². The number of nitrogens with one attached hydrogen (secondary N) is 1. The van der Waals surface area contributed by atoms with Crippen LogP contribution in [-0.4, -0.2) is 12.6 Å². The SMILES string of the molecule is N#Cc1[c]ccc(N(S)C(=O)NCCc2ccc(F)cc2)c1. The molecule has 0 fully saturated rings. The average molecular weight is 314 g/mol. The van der Waals surface area contributed by atoms with Crippen LogP contribution in [0.25, 0.3) is 0 Å². The maximum absolute atomic E-state index is 12.8. The predicted octanol–water partition coefficient (Wildman–Crippen LogP) is 3.10. The summed E-state index contributed by atoms with van der Waals surface area (Å²) >= 11 is 4.12. The van der Waals surface area contributed by atoms with Crippen LogP contribution in [0.5, 0.6) is 0 Å². The van der Waals surface area contributed by atoms with Crippen LogP contribution in [0.2, 0.25) is 0 Å². The number of nitriles is 1. The Hall–Kier alpha value is -2.52. The van der Waals surface area contributed by atoms with Gasteiger partial charge >= 0.3 is 6.03 Å². The van der Waals surface area contributed by atoms with Gasteiger partial charge in [-0.05, 0) is 36.2 Å².